The summed E-state index contributed by atoms with van der Waals surface area (Å²) in [6, 6.07) is 13.3. The van der Waals surface area contributed by atoms with Crippen molar-refractivity contribution < 1.29 is 9.90 Å². The van der Waals surface area contributed by atoms with Crippen LogP contribution in [0.5, 0.6) is 5.75 Å². The van der Waals surface area contributed by atoms with Crippen LogP contribution in [0.3, 0.4) is 0 Å². The van der Waals surface area contributed by atoms with Crippen molar-refractivity contribution in [1.82, 2.24) is 9.78 Å². The molecule has 0 unspecified atom stereocenters. The van der Waals surface area contributed by atoms with Crippen LogP contribution in [0.25, 0.3) is 16.9 Å². The van der Waals surface area contributed by atoms with Crippen LogP contribution in [-0.2, 0) is 0 Å². The second kappa shape index (κ2) is 5.48. The van der Waals surface area contributed by atoms with Gasteiger partial charge in [0.25, 0.3) is 0 Å². The molecule has 0 radical (unpaired) electrons. The first kappa shape index (κ1) is 14.1. The topological polar surface area (TPSA) is 55.1 Å². The molecular formula is C18H16N2O2. The maximum atomic E-state index is 11.4. The van der Waals surface area contributed by atoms with Crippen LogP contribution in [0.4, 0.5) is 0 Å². The van der Waals surface area contributed by atoms with Crippen molar-refractivity contribution >= 4 is 6.29 Å². The van der Waals surface area contributed by atoms with Gasteiger partial charge in [0.15, 0.2) is 6.29 Å². The minimum Gasteiger partial charge on any atom is -0.507 e. The number of phenols is 1. The predicted octanol–water partition coefficient (Wildman–Crippen LogP) is 3.67. The van der Waals surface area contributed by atoms with Crippen LogP contribution < -0.4 is 0 Å². The summed E-state index contributed by atoms with van der Waals surface area (Å²) >= 11 is 0. The number of aromatic nitrogens is 2. The monoisotopic (exact) mass is 292 g/mol. The Balaban J connectivity index is 2.20. The molecule has 0 bridgehead atoms. The number of aldehydes is 1. The Kier molecular flexibility index (Phi) is 3.51. The molecule has 1 heterocycles. The summed E-state index contributed by atoms with van der Waals surface area (Å²) in [5.41, 5.74) is 4.15. The number of nitrogens with zero attached hydrogens (tertiary/aromatic N) is 2. The molecule has 3 aromatic rings. The molecule has 4 nitrogen and oxygen atoms in total. The van der Waals surface area contributed by atoms with Crippen molar-refractivity contribution in [3.05, 3.63) is 65.4 Å². The van der Waals surface area contributed by atoms with E-state index in [0.29, 0.717) is 16.8 Å². The molecule has 0 aliphatic rings. The number of carbonyl (C=O) groups is 1. The van der Waals surface area contributed by atoms with E-state index in [2.05, 4.69) is 5.10 Å². The van der Waals surface area contributed by atoms with E-state index in [1.807, 2.05) is 56.3 Å². The van der Waals surface area contributed by atoms with Gasteiger partial charge in [0, 0.05) is 11.8 Å². The fourth-order valence-electron chi connectivity index (χ4n) is 2.54. The van der Waals surface area contributed by atoms with Gasteiger partial charge in [0.2, 0.25) is 0 Å². The Morgan fingerprint density at radius 2 is 1.86 bits per heavy atom. The van der Waals surface area contributed by atoms with E-state index >= 15 is 0 Å². The van der Waals surface area contributed by atoms with Gasteiger partial charge in [0.05, 0.1) is 11.3 Å². The fraction of sp³-hybridized carbons (Fsp3) is 0.111. The van der Waals surface area contributed by atoms with E-state index in [0.717, 1.165) is 23.1 Å². The normalized spacial score (nSPS) is 10.6. The first-order chi connectivity index (χ1) is 10.6. The molecule has 0 aliphatic heterocycles. The molecule has 2 aromatic carbocycles. The van der Waals surface area contributed by atoms with Gasteiger partial charge >= 0.3 is 0 Å². The quantitative estimate of drug-likeness (QED) is 0.749. The van der Waals surface area contributed by atoms with E-state index in [1.54, 1.807) is 10.9 Å². The average molecular weight is 292 g/mol. The second-order valence-corrected chi connectivity index (χ2v) is 5.31. The molecule has 0 atom stereocenters. The fourth-order valence-corrected chi connectivity index (χ4v) is 2.54. The van der Waals surface area contributed by atoms with Crippen LogP contribution in [0.1, 0.15) is 21.5 Å². The highest BCUT2D eigenvalue weighted by atomic mass is 16.3. The number of hydrogen-bond donors (Lipinski definition) is 1. The van der Waals surface area contributed by atoms with Crippen molar-refractivity contribution in [2.75, 3.05) is 0 Å². The van der Waals surface area contributed by atoms with Gasteiger partial charge in [-0.05, 0) is 43.2 Å². The van der Waals surface area contributed by atoms with Crippen LogP contribution in [0.2, 0.25) is 0 Å². The molecule has 0 amide bonds. The lowest BCUT2D eigenvalue weighted by Crippen LogP contribution is -1.94. The number of phenolic OH excluding ortho intramolecular Hbond substituents is 1. The molecule has 3 rings (SSSR count). The standard InChI is InChI=1S/C18H16N2O2/c1-12-8-13(2)18(22)16(9-12)17-14(11-21)10-20(19-17)15-6-4-3-5-7-15/h3-11,22H,1-2H3. The van der Waals surface area contributed by atoms with Gasteiger partial charge in [-0.15, -0.1) is 0 Å². The van der Waals surface area contributed by atoms with Crippen LogP contribution >= 0.6 is 0 Å². The lowest BCUT2D eigenvalue weighted by Gasteiger charge is -2.07. The first-order valence-corrected chi connectivity index (χ1v) is 7.01. The summed E-state index contributed by atoms with van der Waals surface area (Å²) in [7, 11) is 0. The summed E-state index contributed by atoms with van der Waals surface area (Å²) < 4.78 is 1.65. The molecular weight excluding hydrogens is 276 g/mol. The number of aromatic hydroxyl groups is 1. The Labute approximate surface area is 128 Å². The number of hydrogen-bond acceptors (Lipinski definition) is 3. The minimum absolute atomic E-state index is 0.159. The highest BCUT2D eigenvalue weighted by molar-refractivity contribution is 5.87. The Morgan fingerprint density at radius 3 is 2.55 bits per heavy atom. The van der Waals surface area contributed by atoms with Crippen molar-refractivity contribution in [2.24, 2.45) is 0 Å². The second-order valence-electron chi connectivity index (χ2n) is 5.31. The van der Waals surface area contributed by atoms with Crippen molar-refractivity contribution in [3.63, 3.8) is 0 Å². The van der Waals surface area contributed by atoms with Gasteiger partial charge in [-0.1, -0.05) is 24.3 Å². The number of benzene rings is 2. The largest absolute Gasteiger partial charge is 0.507 e. The number of rotatable bonds is 3. The zero-order chi connectivity index (χ0) is 15.7. The maximum absolute atomic E-state index is 11.4. The third kappa shape index (κ3) is 2.39. The molecule has 0 aliphatic carbocycles. The lowest BCUT2D eigenvalue weighted by atomic mass is 10.0. The van der Waals surface area contributed by atoms with Gasteiger partial charge in [0.1, 0.15) is 11.4 Å². The van der Waals surface area contributed by atoms with E-state index < -0.39 is 0 Å². The van der Waals surface area contributed by atoms with Crippen LogP contribution in [0.15, 0.2) is 48.7 Å². The molecule has 1 aromatic heterocycles. The third-order valence-corrected chi connectivity index (χ3v) is 3.59. The Bertz CT molecular complexity index is 836. The predicted molar refractivity (Wildman–Crippen MR) is 85.5 cm³/mol. The number of para-hydroxylation sites is 1. The van der Waals surface area contributed by atoms with E-state index in [4.69, 9.17) is 0 Å². The Morgan fingerprint density at radius 1 is 1.14 bits per heavy atom. The van der Waals surface area contributed by atoms with E-state index in [1.165, 1.54) is 0 Å². The molecule has 4 heteroatoms. The molecule has 0 saturated heterocycles. The van der Waals surface area contributed by atoms with Crippen molar-refractivity contribution in [1.29, 1.82) is 0 Å². The third-order valence-electron chi connectivity index (χ3n) is 3.59. The highest BCUT2D eigenvalue weighted by Gasteiger charge is 2.16. The number of aryl methyl sites for hydroxylation is 2. The maximum Gasteiger partial charge on any atom is 0.153 e. The molecule has 110 valence electrons. The smallest absolute Gasteiger partial charge is 0.153 e. The zero-order valence-electron chi connectivity index (χ0n) is 12.4. The summed E-state index contributed by atoms with van der Waals surface area (Å²) in [5, 5.41) is 14.8. The molecule has 0 fully saturated rings. The van der Waals surface area contributed by atoms with E-state index in [9.17, 15) is 9.90 Å². The summed E-state index contributed by atoms with van der Waals surface area (Å²) in [6.07, 6.45) is 2.44. The van der Waals surface area contributed by atoms with Crippen molar-refractivity contribution in [2.45, 2.75) is 13.8 Å². The van der Waals surface area contributed by atoms with Gasteiger partial charge in [-0.2, -0.15) is 5.10 Å². The first-order valence-electron chi connectivity index (χ1n) is 7.01. The summed E-state index contributed by atoms with van der Waals surface area (Å²) in [6.45, 7) is 3.78. The highest BCUT2D eigenvalue weighted by Crippen LogP contribution is 2.34. The molecule has 1 N–H and O–H groups in total. The SMILES string of the molecule is Cc1cc(C)c(O)c(-c2nn(-c3ccccc3)cc2C=O)c1. The average Bonchev–Trinajstić information content (AvgIpc) is 2.96. The zero-order valence-corrected chi connectivity index (χ0v) is 12.4. The van der Waals surface area contributed by atoms with Gasteiger partial charge < -0.3 is 5.11 Å². The van der Waals surface area contributed by atoms with Crippen molar-refractivity contribution in [3.8, 4) is 22.7 Å². The molecule has 0 saturated carbocycles. The molecule has 22 heavy (non-hydrogen) atoms. The summed E-state index contributed by atoms with van der Waals surface area (Å²) in [5.74, 6) is 0.159. The lowest BCUT2D eigenvalue weighted by molar-refractivity contribution is 0.112. The minimum atomic E-state index is 0.159. The molecule has 0 spiro atoms. The van der Waals surface area contributed by atoms with Crippen LogP contribution in [0, 0.1) is 13.8 Å². The van der Waals surface area contributed by atoms with E-state index in [-0.39, 0.29) is 5.75 Å². The summed E-state index contributed by atoms with van der Waals surface area (Å²) in [4.78, 5) is 11.4. The van der Waals surface area contributed by atoms with Gasteiger partial charge in [-0.3, -0.25) is 4.79 Å². The van der Waals surface area contributed by atoms with Gasteiger partial charge in [-0.25, -0.2) is 4.68 Å². The number of carbonyl (C=O) groups excluding carboxylic acids is 1. The van der Waals surface area contributed by atoms with Crippen LogP contribution in [-0.4, -0.2) is 21.2 Å². The Hall–Kier alpha value is -2.88.